The van der Waals surface area contributed by atoms with E-state index in [9.17, 15) is 0 Å². The van der Waals surface area contributed by atoms with Crippen molar-refractivity contribution in [3.63, 3.8) is 0 Å². The first-order valence-corrected chi connectivity index (χ1v) is 8.39. The summed E-state index contributed by atoms with van der Waals surface area (Å²) in [4.78, 5) is 5.14. The van der Waals surface area contributed by atoms with E-state index >= 15 is 0 Å². The van der Waals surface area contributed by atoms with Gasteiger partial charge in [-0.15, -0.1) is 11.3 Å². The Morgan fingerprint density at radius 2 is 2.05 bits per heavy atom. The minimum absolute atomic E-state index is 0.297. The maximum atomic E-state index is 6.31. The minimum atomic E-state index is 0.297. The number of thiophene rings is 1. The molecule has 4 heteroatoms. The molecule has 2 aromatic rings. The summed E-state index contributed by atoms with van der Waals surface area (Å²) in [6.45, 7) is 6.29. The lowest BCUT2D eigenvalue weighted by Gasteiger charge is -2.25. The van der Waals surface area contributed by atoms with Gasteiger partial charge in [-0.3, -0.25) is 4.90 Å². The Kier molecular flexibility index (Phi) is 5.82. The Morgan fingerprint density at radius 3 is 2.71 bits per heavy atom. The summed E-state index contributed by atoms with van der Waals surface area (Å²) >= 11 is 8.19. The quantitative estimate of drug-likeness (QED) is 0.834. The van der Waals surface area contributed by atoms with Crippen LogP contribution in [0, 0.1) is 6.92 Å². The van der Waals surface area contributed by atoms with Crippen LogP contribution in [0.5, 0.6) is 0 Å². The van der Waals surface area contributed by atoms with E-state index in [-0.39, 0.29) is 0 Å². The van der Waals surface area contributed by atoms with Gasteiger partial charge in [-0.05, 0) is 51.2 Å². The molecule has 0 spiro atoms. The van der Waals surface area contributed by atoms with Gasteiger partial charge in [-0.2, -0.15) is 0 Å². The first kappa shape index (κ1) is 16.5. The number of nitrogens with one attached hydrogen (secondary N) is 1. The lowest BCUT2D eigenvalue weighted by molar-refractivity contribution is 0.253. The molecule has 0 aliphatic carbocycles. The van der Waals surface area contributed by atoms with Gasteiger partial charge in [0.25, 0.3) is 0 Å². The Morgan fingerprint density at radius 1 is 1.33 bits per heavy atom. The largest absolute Gasteiger partial charge is 0.315 e. The van der Waals surface area contributed by atoms with Crippen molar-refractivity contribution in [1.29, 1.82) is 0 Å². The number of benzene rings is 1. The van der Waals surface area contributed by atoms with E-state index in [1.807, 2.05) is 36.6 Å². The molecule has 1 atom stereocenters. The number of nitrogens with zero attached hydrogens (tertiary/aromatic N) is 1. The van der Waals surface area contributed by atoms with Gasteiger partial charge in [-0.1, -0.05) is 29.8 Å². The standard InChI is InChI=1S/C17H23ClN2S/c1-12(16-7-5-6-8-17(16)18)20(4)11-14-9-15(10-19-3)21-13(14)2/h5-9,12,19H,10-11H2,1-4H3. The molecule has 1 heterocycles. The summed E-state index contributed by atoms with van der Waals surface area (Å²) in [6, 6.07) is 10.7. The Balaban J connectivity index is 2.10. The summed E-state index contributed by atoms with van der Waals surface area (Å²) < 4.78 is 0. The molecule has 1 aromatic heterocycles. The molecule has 114 valence electrons. The van der Waals surface area contributed by atoms with Crippen molar-refractivity contribution in [3.05, 3.63) is 56.2 Å². The Hall–Kier alpha value is -0.870. The first-order chi connectivity index (χ1) is 10.0. The Labute approximate surface area is 136 Å². The number of hydrogen-bond donors (Lipinski definition) is 1. The van der Waals surface area contributed by atoms with Crippen molar-refractivity contribution in [2.75, 3.05) is 14.1 Å². The Bertz CT molecular complexity index is 594. The van der Waals surface area contributed by atoms with Crippen LogP contribution in [-0.2, 0) is 13.1 Å². The maximum absolute atomic E-state index is 6.31. The molecular weight excluding hydrogens is 300 g/mol. The van der Waals surface area contributed by atoms with Crippen LogP contribution >= 0.6 is 22.9 Å². The topological polar surface area (TPSA) is 15.3 Å². The van der Waals surface area contributed by atoms with Crippen molar-refractivity contribution < 1.29 is 0 Å². The SMILES string of the molecule is CNCc1cc(CN(C)C(C)c2ccccc2Cl)c(C)s1. The fourth-order valence-corrected chi connectivity index (χ4v) is 3.82. The van der Waals surface area contributed by atoms with Crippen LogP contribution in [0.4, 0.5) is 0 Å². The van der Waals surface area contributed by atoms with Gasteiger partial charge < -0.3 is 5.32 Å². The second-order valence-corrected chi connectivity index (χ2v) is 7.19. The molecule has 1 unspecified atom stereocenters. The maximum Gasteiger partial charge on any atom is 0.0453 e. The smallest absolute Gasteiger partial charge is 0.0453 e. The second kappa shape index (κ2) is 7.41. The van der Waals surface area contributed by atoms with Gasteiger partial charge in [0.15, 0.2) is 0 Å². The molecule has 0 amide bonds. The van der Waals surface area contributed by atoms with Crippen LogP contribution in [0.1, 0.15) is 33.8 Å². The highest BCUT2D eigenvalue weighted by Crippen LogP contribution is 2.29. The molecular formula is C17H23ClN2S. The van der Waals surface area contributed by atoms with Crippen LogP contribution in [0.15, 0.2) is 30.3 Å². The van der Waals surface area contributed by atoms with Gasteiger partial charge in [0, 0.05) is 33.9 Å². The average Bonchev–Trinajstić information content (AvgIpc) is 2.79. The average molecular weight is 323 g/mol. The number of aryl methyl sites for hydroxylation is 1. The summed E-state index contributed by atoms with van der Waals surface area (Å²) in [7, 11) is 4.14. The van der Waals surface area contributed by atoms with Crippen LogP contribution < -0.4 is 5.32 Å². The highest BCUT2D eigenvalue weighted by molar-refractivity contribution is 7.12. The molecule has 1 N–H and O–H groups in total. The molecule has 0 fully saturated rings. The molecule has 0 aliphatic heterocycles. The van der Waals surface area contributed by atoms with E-state index in [1.165, 1.54) is 20.9 Å². The second-order valence-electron chi connectivity index (χ2n) is 5.44. The number of hydrogen-bond acceptors (Lipinski definition) is 3. The van der Waals surface area contributed by atoms with E-state index in [2.05, 4.69) is 43.2 Å². The van der Waals surface area contributed by atoms with Crippen LogP contribution in [-0.4, -0.2) is 19.0 Å². The van der Waals surface area contributed by atoms with Crippen molar-refractivity contribution in [2.24, 2.45) is 0 Å². The van der Waals surface area contributed by atoms with Crippen molar-refractivity contribution in [2.45, 2.75) is 33.0 Å². The van der Waals surface area contributed by atoms with Crippen LogP contribution in [0.2, 0.25) is 5.02 Å². The highest BCUT2D eigenvalue weighted by Gasteiger charge is 2.16. The van der Waals surface area contributed by atoms with E-state index < -0.39 is 0 Å². The molecule has 0 saturated carbocycles. The molecule has 0 aliphatic rings. The molecule has 0 bridgehead atoms. The monoisotopic (exact) mass is 322 g/mol. The lowest BCUT2D eigenvalue weighted by Crippen LogP contribution is -2.22. The van der Waals surface area contributed by atoms with Gasteiger partial charge in [0.2, 0.25) is 0 Å². The molecule has 0 radical (unpaired) electrons. The van der Waals surface area contributed by atoms with E-state index in [0.717, 1.165) is 18.1 Å². The third-order valence-corrected chi connectivity index (χ3v) is 5.30. The van der Waals surface area contributed by atoms with Gasteiger partial charge in [0.05, 0.1) is 0 Å². The predicted octanol–water partition coefficient (Wildman–Crippen LogP) is 4.62. The van der Waals surface area contributed by atoms with E-state index in [1.54, 1.807) is 0 Å². The van der Waals surface area contributed by atoms with E-state index in [4.69, 9.17) is 11.6 Å². The van der Waals surface area contributed by atoms with Crippen LogP contribution in [0.3, 0.4) is 0 Å². The summed E-state index contributed by atoms with van der Waals surface area (Å²) in [5, 5.41) is 4.06. The molecule has 21 heavy (non-hydrogen) atoms. The summed E-state index contributed by atoms with van der Waals surface area (Å²) in [5.74, 6) is 0. The van der Waals surface area contributed by atoms with Crippen molar-refractivity contribution in [1.82, 2.24) is 10.2 Å². The predicted molar refractivity (Wildman–Crippen MR) is 93.2 cm³/mol. The molecule has 1 aromatic carbocycles. The third kappa shape index (κ3) is 4.07. The molecule has 2 rings (SSSR count). The van der Waals surface area contributed by atoms with Gasteiger partial charge in [-0.25, -0.2) is 0 Å². The van der Waals surface area contributed by atoms with Gasteiger partial charge in [0.1, 0.15) is 0 Å². The number of halogens is 1. The van der Waals surface area contributed by atoms with Crippen LogP contribution in [0.25, 0.3) is 0 Å². The first-order valence-electron chi connectivity index (χ1n) is 7.20. The van der Waals surface area contributed by atoms with Crippen molar-refractivity contribution in [3.8, 4) is 0 Å². The fourth-order valence-electron chi connectivity index (χ4n) is 2.46. The zero-order chi connectivity index (χ0) is 15.4. The fraction of sp³-hybridized carbons (Fsp3) is 0.412. The molecule has 2 nitrogen and oxygen atoms in total. The molecule has 0 saturated heterocycles. The lowest BCUT2D eigenvalue weighted by atomic mass is 10.1. The van der Waals surface area contributed by atoms with Crippen molar-refractivity contribution >= 4 is 22.9 Å². The summed E-state index contributed by atoms with van der Waals surface area (Å²) in [5.41, 5.74) is 2.59. The zero-order valence-corrected chi connectivity index (χ0v) is 14.7. The normalized spacial score (nSPS) is 12.9. The highest BCUT2D eigenvalue weighted by atomic mass is 35.5. The van der Waals surface area contributed by atoms with Gasteiger partial charge >= 0.3 is 0 Å². The summed E-state index contributed by atoms with van der Waals surface area (Å²) in [6.07, 6.45) is 0. The third-order valence-electron chi connectivity index (χ3n) is 3.86. The number of rotatable bonds is 6. The minimum Gasteiger partial charge on any atom is -0.315 e. The zero-order valence-electron chi connectivity index (χ0n) is 13.1. The van der Waals surface area contributed by atoms with E-state index in [0.29, 0.717) is 6.04 Å².